The van der Waals surface area contributed by atoms with E-state index in [1.807, 2.05) is 25.1 Å². The van der Waals surface area contributed by atoms with Crippen molar-refractivity contribution in [3.8, 4) is 5.75 Å². The predicted octanol–water partition coefficient (Wildman–Crippen LogP) is 3.75. The van der Waals surface area contributed by atoms with Crippen LogP contribution in [0.5, 0.6) is 5.75 Å². The van der Waals surface area contributed by atoms with Crippen molar-refractivity contribution in [2.24, 2.45) is 0 Å². The lowest BCUT2D eigenvalue weighted by molar-refractivity contribution is -0.139. The minimum Gasteiger partial charge on any atom is -0.497 e. The Hall–Kier alpha value is -3.85. The summed E-state index contributed by atoms with van der Waals surface area (Å²) in [7, 11) is -2.50. The summed E-state index contributed by atoms with van der Waals surface area (Å²) in [4.78, 5) is 28.0. The van der Waals surface area contributed by atoms with E-state index in [9.17, 15) is 18.0 Å². The van der Waals surface area contributed by atoms with Gasteiger partial charge in [0.15, 0.2) is 0 Å². The minimum atomic E-state index is -4.07. The first-order valence-electron chi connectivity index (χ1n) is 12.0. The molecule has 0 fully saturated rings. The van der Waals surface area contributed by atoms with Gasteiger partial charge in [0.1, 0.15) is 18.3 Å². The fraction of sp³-hybridized carbons (Fsp3) is 0.286. The third-order valence-corrected chi connectivity index (χ3v) is 7.72. The van der Waals surface area contributed by atoms with Crippen LogP contribution in [0.1, 0.15) is 25.0 Å². The SMILES string of the molecule is CCNC(=O)C(C)N(Cc1ccc(OC)cc1)C(=O)CN(c1cccc(C)c1)S(=O)(=O)c1ccccc1. The van der Waals surface area contributed by atoms with E-state index in [-0.39, 0.29) is 17.3 Å². The zero-order valence-corrected chi connectivity index (χ0v) is 22.4. The van der Waals surface area contributed by atoms with Gasteiger partial charge in [0, 0.05) is 13.1 Å². The quantitative estimate of drug-likeness (QED) is 0.413. The van der Waals surface area contributed by atoms with Crippen LogP contribution in [0.15, 0.2) is 83.8 Å². The maximum Gasteiger partial charge on any atom is 0.264 e. The van der Waals surface area contributed by atoms with Gasteiger partial charge in [-0.25, -0.2) is 8.42 Å². The van der Waals surface area contributed by atoms with E-state index in [0.29, 0.717) is 18.0 Å². The van der Waals surface area contributed by atoms with E-state index >= 15 is 0 Å². The molecular formula is C28H33N3O5S. The lowest BCUT2D eigenvalue weighted by Crippen LogP contribution is -2.51. The molecule has 8 nitrogen and oxygen atoms in total. The van der Waals surface area contributed by atoms with E-state index in [2.05, 4.69) is 5.32 Å². The molecule has 1 atom stereocenters. The van der Waals surface area contributed by atoms with Crippen LogP contribution in [0.25, 0.3) is 0 Å². The molecule has 0 aliphatic heterocycles. The van der Waals surface area contributed by atoms with Crippen LogP contribution in [0, 0.1) is 6.92 Å². The number of rotatable bonds is 11. The Morgan fingerprint density at radius 3 is 2.24 bits per heavy atom. The van der Waals surface area contributed by atoms with E-state index < -0.39 is 28.5 Å². The molecule has 0 radical (unpaired) electrons. The number of aryl methyl sites for hydroxylation is 1. The lowest BCUT2D eigenvalue weighted by atomic mass is 10.1. The zero-order valence-electron chi connectivity index (χ0n) is 21.5. The predicted molar refractivity (Wildman–Crippen MR) is 144 cm³/mol. The van der Waals surface area contributed by atoms with Gasteiger partial charge in [-0.3, -0.25) is 13.9 Å². The number of hydrogen-bond acceptors (Lipinski definition) is 5. The molecule has 3 rings (SSSR count). The van der Waals surface area contributed by atoms with Gasteiger partial charge in [-0.15, -0.1) is 0 Å². The molecule has 0 saturated heterocycles. The zero-order chi connectivity index (χ0) is 27.0. The molecule has 0 spiro atoms. The van der Waals surface area contributed by atoms with Gasteiger partial charge < -0.3 is 15.0 Å². The Morgan fingerprint density at radius 1 is 0.973 bits per heavy atom. The number of methoxy groups -OCH3 is 1. The first kappa shape index (κ1) is 27.7. The Kier molecular flexibility index (Phi) is 9.30. The van der Waals surface area contributed by atoms with Crippen molar-refractivity contribution in [1.29, 1.82) is 0 Å². The van der Waals surface area contributed by atoms with Gasteiger partial charge in [-0.05, 0) is 68.3 Å². The van der Waals surface area contributed by atoms with Gasteiger partial charge in [-0.1, -0.05) is 42.5 Å². The smallest absolute Gasteiger partial charge is 0.264 e. The van der Waals surface area contributed by atoms with Gasteiger partial charge in [-0.2, -0.15) is 0 Å². The molecule has 196 valence electrons. The van der Waals surface area contributed by atoms with Crippen molar-refractivity contribution in [1.82, 2.24) is 10.2 Å². The molecule has 37 heavy (non-hydrogen) atoms. The Morgan fingerprint density at radius 2 is 1.65 bits per heavy atom. The highest BCUT2D eigenvalue weighted by Crippen LogP contribution is 2.25. The largest absolute Gasteiger partial charge is 0.497 e. The topological polar surface area (TPSA) is 96.0 Å². The van der Waals surface area contributed by atoms with Crippen molar-refractivity contribution >= 4 is 27.5 Å². The molecular weight excluding hydrogens is 490 g/mol. The highest BCUT2D eigenvalue weighted by molar-refractivity contribution is 7.92. The van der Waals surface area contributed by atoms with Crippen molar-refractivity contribution in [3.05, 3.63) is 90.0 Å². The average molecular weight is 524 g/mol. The number of ether oxygens (including phenoxy) is 1. The average Bonchev–Trinajstić information content (AvgIpc) is 2.90. The number of carbonyl (C=O) groups is 2. The molecule has 0 saturated carbocycles. The molecule has 0 aromatic heterocycles. The first-order chi connectivity index (χ1) is 17.7. The van der Waals surface area contributed by atoms with E-state index in [4.69, 9.17) is 4.74 Å². The summed E-state index contributed by atoms with van der Waals surface area (Å²) in [6.45, 7) is 5.34. The normalized spacial score (nSPS) is 11.9. The fourth-order valence-corrected chi connectivity index (χ4v) is 5.29. The van der Waals surface area contributed by atoms with Gasteiger partial charge >= 0.3 is 0 Å². The minimum absolute atomic E-state index is 0.0720. The number of carbonyl (C=O) groups excluding carboxylic acids is 2. The number of nitrogens with one attached hydrogen (secondary N) is 1. The molecule has 9 heteroatoms. The lowest BCUT2D eigenvalue weighted by Gasteiger charge is -2.32. The van der Waals surface area contributed by atoms with E-state index in [1.165, 1.54) is 17.0 Å². The monoisotopic (exact) mass is 523 g/mol. The maximum absolute atomic E-state index is 13.8. The van der Waals surface area contributed by atoms with Gasteiger partial charge in [0.25, 0.3) is 10.0 Å². The number of likely N-dealkylation sites (N-methyl/N-ethyl adjacent to an activating group) is 1. The summed E-state index contributed by atoms with van der Waals surface area (Å²) >= 11 is 0. The van der Waals surface area contributed by atoms with Crippen molar-refractivity contribution in [3.63, 3.8) is 0 Å². The van der Waals surface area contributed by atoms with Crippen LogP contribution >= 0.6 is 0 Å². The highest BCUT2D eigenvalue weighted by Gasteiger charge is 2.32. The molecule has 0 heterocycles. The molecule has 0 bridgehead atoms. The second kappa shape index (κ2) is 12.4. The molecule has 3 aromatic rings. The highest BCUT2D eigenvalue weighted by atomic mass is 32.2. The number of sulfonamides is 1. The number of hydrogen-bond donors (Lipinski definition) is 1. The Bertz CT molecular complexity index is 1310. The van der Waals surface area contributed by atoms with Crippen molar-refractivity contribution in [2.75, 3.05) is 24.5 Å². The van der Waals surface area contributed by atoms with Crippen molar-refractivity contribution < 1.29 is 22.7 Å². The second-order valence-electron chi connectivity index (χ2n) is 8.60. The Balaban J connectivity index is 2.00. The van der Waals surface area contributed by atoms with Crippen LogP contribution < -0.4 is 14.4 Å². The number of amides is 2. The molecule has 0 aliphatic rings. The summed E-state index contributed by atoms with van der Waals surface area (Å²) in [5.74, 6) is -0.161. The number of anilines is 1. The molecule has 2 amide bonds. The van der Waals surface area contributed by atoms with Crippen LogP contribution in [0.4, 0.5) is 5.69 Å². The first-order valence-corrected chi connectivity index (χ1v) is 13.5. The van der Waals surface area contributed by atoms with Gasteiger partial charge in [0.2, 0.25) is 11.8 Å². The molecule has 1 unspecified atom stereocenters. The fourth-order valence-electron chi connectivity index (χ4n) is 3.86. The second-order valence-corrected chi connectivity index (χ2v) is 10.5. The van der Waals surface area contributed by atoms with Crippen LogP contribution in [0.2, 0.25) is 0 Å². The summed E-state index contributed by atoms with van der Waals surface area (Å²) in [6, 6.07) is 21.3. The molecule has 3 aromatic carbocycles. The van der Waals surface area contributed by atoms with E-state index in [1.54, 1.807) is 69.5 Å². The van der Waals surface area contributed by atoms with E-state index in [0.717, 1.165) is 15.4 Å². The molecule has 1 N–H and O–H groups in total. The summed E-state index contributed by atoms with van der Waals surface area (Å²) in [5, 5.41) is 2.75. The summed E-state index contributed by atoms with van der Waals surface area (Å²) < 4.78 is 33.7. The summed E-state index contributed by atoms with van der Waals surface area (Å²) in [5.41, 5.74) is 1.99. The standard InChI is InChI=1S/C28H33N3O5S/c1-5-29-28(33)22(3)30(19-23-14-16-25(36-4)17-15-23)27(32)20-31(24-11-9-10-21(2)18-24)37(34,35)26-12-7-6-8-13-26/h6-18,22H,5,19-20H2,1-4H3,(H,29,33). The maximum atomic E-state index is 13.8. The van der Waals surface area contributed by atoms with Crippen molar-refractivity contribution in [2.45, 2.75) is 38.3 Å². The third-order valence-electron chi connectivity index (χ3n) is 5.93. The van der Waals surface area contributed by atoms with Crippen LogP contribution in [0.3, 0.4) is 0 Å². The van der Waals surface area contributed by atoms with Gasteiger partial charge in [0.05, 0.1) is 17.7 Å². The van der Waals surface area contributed by atoms with Crippen LogP contribution in [-0.4, -0.2) is 51.4 Å². The van der Waals surface area contributed by atoms with Crippen LogP contribution in [-0.2, 0) is 26.2 Å². The summed E-state index contributed by atoms with van der Waals surface area (Å²) in [6.07, 6.45) is 0. The number of nitrogens with zero attached hydrogens (tertiary/aromatic N) is 2. The third kappa shape index (κ3) is 6.89. The Labute approximate surface area is 218 Å². The molecule has 0 aliphatic carbocycles. The number of benzene rings is 3.